The quantitative estimate of drug-likeness (QED) is 0.906. The molecule has 0 aliphatic heterocycles. The summed E-state index contributed by atoms with van der Waals surface area (Å²) in [5, 5.41) is 12.4. The minimum absolute atomic E-state index is 0.238. The highest BCUT2D eigenvalue weighted by molar-refractivity contribution is 6.06. The molecule has 1 amide bonds. The minimum Gasteiger partial charge on any atom is -0.496 e. The minimum atomic E-state index is -0.574. The highest BCUT2D eigenvalue weighted by atomic mass is 16.5. The number of aliphatic hydroxyl groups is 1. The maximum absolute atomic E-state index is 12.4. The Morgan fingerprint density at radius 1 is 1.24 bits per heavy atom. The summed E-state index contributed by atoms with van der Waals surface area (Å²) in [6, 6.07) is 12.6. The third-order valence-electron chi connectivity index (χ3n) is 3.23. The summed E-state index contributed by atoms with van der Waals surface area (Å²) < 4.78 is 5.22. The van der Waals surface area contributed by atoms with Crippen molar-refractivity contribution in [3.05, 3.63) is 59.2 Å². The molecule has 0 aromatic heterocycles. The van der Waals surface area contributed by atoms with Gasteiger partial charge in [0.05, 0.1) is 18.8 Å². The van der Waals surface area contributed by atoms with Crippen LogP contribution in [0.15, 0.2) is 42.5 Å². The van der Waals surface area contributed by atoms with Crippen LogP contribution in [-0.4, -0.2) is 18.1 Å². The zero-order chi connectivity index (χ0) is 15.4. The van der Waals surface area contributed by atoms with E-state index in [4.69, 9.17) is 4.74 Å². The second-order valence-electron chi connectivity index (χ2n) is 4.96. The molecule has 0 radical (unpaired) electrons. The maximum Gasteiger partial charge on any atom is 0.259 e. The number of aliphatic hydroxyl groups excluding tert-OH is 1. The van der Waals surface area contributed by atoms with Gasteiger partial charge in [0.15, 0.2) is 0 Å². The number of benzene rings is 2. The van der Waals surface area contributed by atoms with Gasteiger partial charge >= 0.3 is 0 Å². The molecular formula is C17H19NO3. The van der Waals surface area contributed by atoms with E-state index in [0.717, 1.165) is 11.1 Å². The van der Waals surface area contributed by atoms with E-state index in [9.17, 15) is 9.90 Å². The molecule has 2 rings (SSSR count). The Labute approximate surface area is 124 Å². The first-order chi connectivity index (χ1) is 10.0. The first-order valence-electron chi connectivity index (χ1n) is 6.75. The van der Waals surface area contributed by atoms with Crippen LogP contribution in [0.2, 0.25) is 0 Å². The highest BCUT2D eigenvalue weighted by Crippen LogP contribution is 2.22. The van der Waals surface area contributed by atoms with Crippen LogP contribution >= 0.6 is 0 Å². The van der Waals surface area contributed by atoms with Gasteiger partial charge < -0.3 is 15.2 Å². The zero-order valence-corrected chi connectivity index (χ0v) is 12.4. The third-order valence-corrected chi connectivity index (χ3v) is 3.23. The van der Waals surface area contributed by atoms with E-state index in [1.165, 1.54) is 7.11 Å². The van der Waals surface area contributed by atoms with Gasteiger partial charge in [-0.05, 0) is 43.7 Å². The smallest absolute Gasteiger partial charge is 0.259 e. The van der Waals surface area contributed by atoms with Gasteiger partial charge in [-0.25, -0.2) is 0 Å². The SMILES string of the molecule is COc1ccc(C)cc1C(=O)Nc1cccc(C(C)O)c1. The molecule has 4 heteroatoms. The Bertz CT molecular complexity index is 650. The van der Waals surface area contributed by atoms with Crippen molar-refractivity contribution in [1.82, 2.24) is 0 Å². The molecule has 2 aromatic rings. The van der Waals surface area contributed by atoms with E-state index < -0.39 is 6.10 Å². The molecule has 2 N–H and O–H groups in total. The summed E-state index contributed by atoms with van der Waals surface area (Å²) >= 11 is 0. The maximum atomic E-state index is 12.4. The fourth-order valence-electron chi connectivity index (χ4n) is 2.07. The lowest BCUT2D eigenvalue weighted by Gasteiger charge is -2.12. The predicted octanol–water partition coefficient (Wildman–Crippen LogP) is 3.31. The number of methoxy groups -OCH3 is 1. The lowest BCUT2D eigenvalue weighted by molar-refractivity contribution is 0.102. The van der Waals surface area contributed by atoms with Crippen molar-refractivity contribution >= 4 is 11.6 Å². The Balaban J connectivity index is 2.26. The molecule has 0 fully saturated rings. The van der Waals surface area contributed by atoms with Crippen LogP contribution < -0.4 is 10.1 Å². The first kappa shape index (κ1) is 15.1. The second kappa shape index (κ2) is 6.41. The molecule has 1 atom stereocenters. The zero-order valence-electron chi connectivity index (χ0n) is 12.4. The van der Waals surface area contributed by atoms with Gasteiger partial charge in [-0.2, -0.15) is 0 Å². The molecule has 4 nitrogen and oxygen atoms in total. The molecular weight excluding hydrogens is 266 g/mol. The van der Waals surface area contributed by atoms with Crippen LogP contribution in [0.3, 0.4) is 0 Å². The van der Waals surface area contributed by atoms with E-state index in [0.29, 0.717) is 17.0 Å². The standard InChI is InChI=1S/C17H19NO3/c1-11-7-8-16(21-3)15(9-11)17(20)18-14-6-4-5-13(10-14)12(2)19/h4-10,12,19H,1-3H3,(H,18,20). The van der Waals surface area contributed by atoms with Crippen molar-refractivity contribution in [2.24, 2.45) is 0 Å². The normalized spacial score (nSPS) is 11.8. The van der Waals surface area contributed by atoms with Crippen molar-refractivity contribution in [3.63, 3.8) is 0 Å². The molecule has 0 bridgehead atoms. The van der Waals surface area contributed by atoms with E-state index >= 15 is 0 Å². The van der Waals surface area contributed by atoms with E-state index in [-0.39, 0.29) is 5.91 Å². The molecule has 0 aliphatic carbocycles. The van der Waals surface area contributed by atoms with Gasteiger partial charge in [-0.15, -0.1) is 0 Å². The summed E-state index contributed by atoms with van der Waals surface area (Å²) in [5.41, 5.74) is 2.87. The number of anilines is 1. The van der Waals surface area contributed by atoms with Crippen molar-refractivity contribution < 1.29 is 14.6 Å². The fourth-order valence-corrected chi connectivity index (χ4v) is 2.07. The van der Waals surface area contributed by atoms with Gasteiger partial charge in [0.2, 0.25) is 0 Å². The van der Waals surface area contributed by atoms with E-state index in [1.807, 2.05) is 19.1 Å². The van der Waals surface area contributed by atoms with Crippen LogP contribution in [0.1, 0.15) is 34.5 Å². The number of hydrogen-bond donors (Lipinski definition) is 2. The topological polar surface area (TPSA) is 58.6 Å². The number of rotatable bonds is 4. The molecule has 0 aliphatic rings. The van der Waals surface area contributed by atoms with Crippen molar-refractivity contribution in [3.8, 4) is 5.75 Å². The number of nitrogens with one attached hydrogen (secondary N) is 1. The van der Waals surface area contributed by atoms with Gasteiger partial charge in [0.1, 0.15) is 5.75 Å². The van der Waals surface area contributed by atoms with Gasteiger partial charge in [-0.1, -0.05) is 23.8 Å². The second-order valence-corrected chi connectivity index (χ2v) is 4.96. The lowest BCUT2D eigenvalue weighted by Crippen LogP contribution is -2.13. The molecule has 0 spiro atoms. The van der Waals surface area contributed by atoms with Gasteiger partial charge in [-0.3, -0.25) is 4.79 Å². The van der Waals surface area contributed by atoms with E-state index in [1.54, 1.807) is 37.3 Å². The van der Waals surface area contributed by atoms with Crippen LogP contribution in [-0.2, 0) is 0 Å². The lowest BCUT2D eigenvalue weighted by atomic mass is 10.1. The number of amides is 1. The largest absolute Gasteiger partial charge is 0.496 e. The Morgan fingerprint density at radius 3 is 2.67 bits per heavy atom. The number of carbonyl (C=O) groups excluding carboxylic acids is 1. The molecule has 0 heterocycles. The van der Waals surface area contributed by atoms with Crippen molar-refractivity contribution in [2.45, 2.75) is 20.0 Å². The van der Waals surface area contributed by atoms with Gasteiger partial charge in [0, 0.05) is 5.69 Å². The van der Waals surface area contributed by atoms with Crippen LogP contribution in [0.5, 0.6) is 5.75 Å². The van der Waals surface area contributed by atoms with Crippen molar-refractivity contribution in [2.75, 3.05) is 12.4 Å². The number of hydrogen-bond acceptors (Lipinski definition) is 3. The fraction of sp³-hybridized carbons (Fsp3) is 0.235. The summed E-state index contributed by atoms with van der Waals surface area (Å²) in [5.74, 6) is 0.295. The predicted molar refractivity (Wildman–Crippen MR) is 82.8 cm³/mol. The average molecular weight is 285 g/mol. The molecule has 2 aromatic carbocycles. The molecule has 110 valence electrons. The van der Waals surface area contributed by atoms with Crippen molar-refractivity contribution in [1.29, 1.82) is 0 Å². The summed E-state index contributed by atoms with van der Waals surface area (Å²) in [7, 11) is 1.54. The van der Waals surface area contributed by atoms with Gasteiger partial charge in [0.25, 0.3) is 5.91 Å². The summed E-state index contributed by atoms with van der Waals surface area (Å²) in [6.45, 7) is 3.61. The Morgan fingerprint density at radius 2 is 2.00 bits per heavy atom. The average Bonchev–Trinajstić information content (AvgIpc) is 2.47. The summed E-state index contributed by atoms with van der Waals surface area (Å²) in [6.07, 6.45) is -0.574. The number of aryl methyl sites for hydroxylation is 1. The third kappa shape index (κ3) is 3.61. The number of carbonyl (C=O) groups is 1. The summed E-state index contributed by atoms with van der Waals surface area (Å²) in [4.78, 5) is 12.4. The molecule has 0 saturated heterocycles. The monoisotopic (exact) mass is 285 g/mol. The van der Waals surface area contributed by atoms with Crippen LogP contribution in [0.25, 0.3) is 0 Å². The first-order valence-corrected chi connectivity index (χ1v) is 6.75. The van der Waals surface area contributed by atoms with E-state index in [2.05, 4.69) is 5.32 Å². The highest BCUT2D eigenvalue weighted by Gasteiger charge is 2.13. The molecule has 1 unspecified atom stereocenters. The Hall–Kier alpha value is -2.33. The molecule has 0 saturated carbocycles. The number of ether oxygens (including phenoxy) is 1. The van der Waals surface area contributed by atoms with Crippen LogP contribution in [0.4, 0.5) is 5.69 Å². The Kier molecular flexibility index (Phi) is 4.60. The van der Waals surface area contributed by atoms with Crippen LogP contribution in [0, 0.1) is 6.92 Å². The molecule has 21 heavy (non-hydrogen) atoms.